The molecule has 5 rings (SSSR count). The van der Waals surface area contributed by atoms with Gasteiger partial charge >= 0.3 is 5.97 Å². The van der Waals surface area contributed by atoms with Gasteiger partial charge in [-0.2, -0.15) is 0 Å². The first kappa shape index (κ1) is 23.5. The van der Waals surface area contributed by atoms with Crippen molar-refractivity contribution in [2.45, 2.75) is 31.6 Å². The first-order valence-corrected chi connectivity index (χ1v) is 11.9. The molecule has 0 amide bonds. The van der Waals surface area contributed by atoms with Gasteiger partial charge in [-0.15, -0.1) is 0 Å². The summed E-state index contributed by atoms with van der Waals surface area (Å²) in [7, 11) is 1.54. The van der Waals surface area contributed by atoms with Gasteiger partial charge in [0, 0.05) is 41.4 Å². The molecule has 182 valence electrons. The number of allylic oxidation sites excluding steroid dienone is 3. The van der Waals surface area contributed by atoms with E-state index in [0.29, 0.717) is 46.2 Å². The van der Waals surface area contributed by atoms with E-state index < -0.39 is 11.9 Å². The van der Waals surface area contributed by atoms with Crippen molar-refractivity contribution >= 4 is 23.4 Å². The van der Waals surface area contributed by atoms with Crippen LogP contribution in [0.25, 0.3) is 0 Å². The van der Waals surface area contributed by atoms with Crippen LogP contribution in [0.15, 0.2) is 65.0 Å². The van der Waals surface area contributed by atoms with Gasteiger partial charge < -0.3 is 24.3 Å². The molecule has 7 nitrogen and oxygen atoms in total. The zero-order valence-corrected chi connectivity index (χ0v) is 20.3. The normalized spacial score (nSPS) is 21.1. The fraction of sp³-hybridized carbons (Fsp3) is 0.333. The van der Waals surface area contributed by atoms with Crippen molar-refractivity contribution in [1.82, 2.24) is 5.32 Å². The molecule has 0 fully saturated rings. The summed E-state index contributed by atoms with van der Waals surface area (Å²) in [6.45, 7) is 2.37. The summed E-state index contributed by atoms with van der Waals surface area (Å²) in [5, 5.41) is 3.99. The largest absolute Gasteiger partial charge is 0.460 e. The number of carbonyl (C=O) groups excluding carboxylic acids is 2. The zero-order valence-electron chi connectivity index (χ0n) is 19.6. The van der Waals surface area contributed by atoms with E-state index in [9.17, 15) is 9.59 Å². The fourth-order valence-electron chi connectivity index (χ4n) is 5.06. The summed E-state index contributed by atoms with van der Waals surface area (Å²) >= 11 is 6.46. The molecule has 2 atom stereocenters. The molecule has 0 unspecified atom stereocenters. The van der Waals surface area contributed by atoms with Crippen LogP contribution in [0.5, 0.6) is 11.5 Å². The number of hydrogen-bond donors (Lipinski definition) is 1. The Labute approximate surface area is 208 Å². The van der Waals surface area contributed by atoms with Crippen LogP contribution >= 0.6 is 11.6 Å². The highest BCUT2D eigenvalue weighted by Gasteiger charge is 2.42. The second kappa shape index (κ2) is 9.76. The molecule has 0 bridgehead atoms. The Hall–Kier alpha value is -3.29. The number of fused-ring (bicyclic) bond motifs is 1. The molecule has 0 radical (unpaired) electrons. The molecule has 0 saturated heterocycles. The van der Waals surface area contributed by atoms with Crippen LogP contribution in [-0.4, -0.2) is 38.9 Å². The molecular formula is C27H26ClNO6. The summed E-state index contributed by atoms with van der Waals surface area (Å²) in [6.07, 6.45) is 0.908. The van der Waals surface area contributed by atoms with E-state index in [-0.39, 0.29) is 31.7 Å². The summed E-state index contributed by atoms with van der Waals surface area (Å²) in [6, 6.07) is 13.1. The Bertz CT molecular complexity index is 1250. The van der Waals surface area contributed by atoms with Gasteiger partial charge in [0.1, 0.15) is 6.61 Å². The number of carbonyl (C=O) groups is 2. The maximum atomic E-state index is 13.7. The maximum absolute atomic E-state index is 13.7. The average Bonchev–Trinajstić information content (AvgIpc) is 3.31. The van der Waals surface area contributed by atoms with Crippen LogP contribution in [0.3, 0.4) is 0 Å². The Kier molecular flexibility index (Phi) is 6.54. The third kappa shape index (κ3) is 4.42. The first-order chi connectivity index (χ1) is 17.0. The molecule has 3 aliphatic rings. The number of Topliss-reactive ketones (excluding diaryl/α,β-unsaturated/α-hetero) is 1. The van der Waals surface area contributed by atoms with Crippen molar-refractivity contribution in [2.75, 3.05) is 27.1 Å². The van der Waals surface area contributed by atoms with Gasteiger partial charge in [-0.05, 0) is 48.6 Å². The zero-order chi connectivity index (χ0) is 24.5. The van der Waals surface area contributed by atoms with Gasteiger partial charge in [0.25, 0.3) is 0 Å². The smallest absolute Gasteiger partial charge is 0.336 e. The van der Waals surface area contributed by atoms with Crippen LogP contribution in [-0.2, 0) is 19.1 Å². The van der Waals surface area contributed by atoms with E-state index in [1.54, 1.807) is 7.11 Å². The minimum Gasteiger partial charge on any atom is -0.460 e. The quantitative estimate of drug-likeness (QED) is 0.462. The highest BCUT2D eigenvalue weighted by molar-refractivity contribution is 6.31. The lowest BCUT2D eigenvalue weighted by atomic mass is 9.71. The fourth-order valence-corrected chi connectivity index (χ4v) is 5.35. The van der Waals surface area contributed by atoms with Crippen LogP contribution in [0.4, 0.5) is 0 Å². The van der Waals surface area contributed by atoms with E-state index in [4.69, 9.17) is 30.5 Å². The molecule has 2 heterocycles. The van der Waals surface area contributed by atoms with E-state index in [1.807, 2.05) is 49.4 Å². The van der Waals surface area contributed by atoms with Crippen LogP contribution < -0.4 is 14.8 Å². The molecule has 2 aliphatic heterocycles. The van der Waals surface area contributed by atoms with Crippen molar-refractivity contribution < 1.29 is 28.5 Å². The molecule has 8 heteroatoms. The van der Waals surface area contributed by atoms with Crippen LogP contribution in [0, 0.1) is 0 Å². The van der Waals surface area contributed by atoms with Crippen molar-refractivity contribution in [3.05, 3.63) is 81.2 Å². The lowest BCUT2D eigenvalue weighted by Gasteiger charge is -2.37. The number of ketones is 1. The van der Waals surface area contributed by atoms with Crippen LogP contribution in [0.1, 0.15) is 42.7 Å². The number of hydrogen-bond acceptors (Lipinski definition) is 7. The third-order valence-corrected chi connectivity index (χ3v) is 6.99. The van der Waals surface area contributed by atoms with Crippen molar-refractivity contribution in [1.29, 1.82) is 0 Å². The van der Waals surface area contributed by atoms with Crippen molar-refractivity contribution in [3.63, 3.8) is 0 Å². The van der Waals surface area contributed by atoms with E-state index in [2.05, 4.69) is 5.32 Å². The molecule has 2 aromatic rings. The average molecular weight is 496 g/mol. The van der Waals surface area contributed by atoms with Gasteiger partial charge in [0.2, 0.25) is 6.79 Å². The molecule has 0 aromatic heterocycles. The Morgan fingerprint density at radius 2 is 1.91 bits per heavy atom. The van der Waals surface area contributed by atoms with Gasteiger partial charge in [-0.25, -0.2) is 4.79 Å². The van der Waals surface area contributed by atoms with E-state index in [1.165, 1.54) is 0 Å². The Morgan fingerprint density at radius 3 is 2.71 bits per heavy atom. The highest BCUT2D eigenvalue weighted by atomic mass is 35.5. The molecule has 2 aromatic carbocycles. The van der Waals surface area contributed by atoms with Crippen molar-refractivity contribution in [2.24, 2.45) is 0 Å². The number of benzene rings is 2. The first-order valence-electron chi connectivity index (χ1n) is 11.5. The van der Waals surface area contributed by atoms with E-state index >= 15 is 0 Å². The maximum Gasteiger partial charge on any atom is 0.336 e. The number of methoxy groups -OCH3 is 1. The molecular weight excluding hydrogens is 470 g/mol. The lowest BCUT2D eigenvalue weighted by molar-refractivity contribution is -0.140. The SMILES string of the molecule is COCCOC(=O)C1=C(C)NC2=C(C(=O)C[C@H](c3ccccc3Cl)C2)[C@H]1c1ccc2c(c1)OCO2. The number of ether oxygens (including phenoxy) is 4. The minimum absolute atomic E-state index is 0.0268. The van der Waals surface area contributed by atoms with Crippen LogP contribution in [0.2, 0.25) is 5.02 Å². The second-order valence-electron chi connectivity index (χ2n) is 8.78. The standard InChI is InChI=1S/C27H26ClNO6/c1-15-24(27(31)33-10-9-32-2)25(16-7-8-22-23(13-16)35-14-34-22)26-20(29-15)11-17(12-21(26)30)18-5-3-4-6-19(18)28/h3-8,13,17,25,29H,9-12,14H2,1-2H3/t17-,25+/m1/s1. The minimum atomic E-state index is -0.588. The predicted molar refractivity (Wildman–Crippen MR) is 129 cm³/mol. The molecule has 0 spiro atoms. The lowest BCUT2D eigenvalue weighted by Crippen LogP contribution is -2.36. The topological polar surface area (TPSA) is 83.1 Å². The highest BCUT2D eigenvalue weighted by Crippen LogP contribution is 2.48. The number of dihydropyridines is 1. The van der Waals surface area contributed by atoms with Crippen molar-refractivity contribution in [3.8, 4) is 11.5 Å². The number of rotatable bonds is 6. The molecule has 35 heavy (non-hydrogen) atoms. The van der Waals surface area contributed by atoms with Gasteiger partial charge in [-0.1, -0.05) is 35.9 Å². The summed E-state index contributed by atoms with van der Waals surface area (Å²) < 4.78 is 21.6. The molecule has 1 N–H and O–H groups in total. The number of halogens is 1. The Balaban J connectivity index is 1.57. The summed E-state index contributed by atoms with van der Waals surface area (Å²) in [4.78, 5) is 26.9. The van der Waals surface area contributed by atoms with E-state index in [0.717, 1.165) is 16.8 Å². The molecule has 0 saturated carbocycles. The second-order valence-corrected chi connectivity index (χ2v) is 9.19. The number of esters is 1. The van der Waals surface area contributed by atoms with Gasteiger partial charge in [0.05, 0.1) is 12.2 Å². The monoisotopic (exact) mass is 495 g/mol. The summed E-state index contributed by atoms with van der Waals surface area (Å²) in [5.74, 6) is 0.0716. The number of nitrogens with one attached hydrogen (secondary N) is 1. The predicted octanol–water partition coefficient (Wildman–Crippen LogP) is 4.62. The summed E-state index contributed by atoms with van der Waals surface area (Å²) in [5.41, 5.74) is 4.16. The Morgan fingerprint density at radius 1 is 1.11 bits per heavy atom. The van der Waals surface area contributed by atoms with Gasteiger partial charge in [0.15, 0.2) is 17.3 Å². The van der Waals surface area contributed by atoms with Gasteiger partial charge in [-0.3, -0.25) is 4.79 Å². The molecule has 1 aliphatic carbocycles. The third-order valence-electron chi connectivity index (χ3n) is 6.64.